The first-order valence-electron chi connectivity index (χ1n) is 6.24. The molecule has 2 unspecified atom stereocenters. The van der Waals surface area contributed by atoms with Crippen molar-refractivity contribution in [1.82, 2.24) is 4.90 Å². The quantitative estimate of drug-likeness (QED) is 0.664. The van der Waals surface area contributed by atoms with Crippen LogP contribution in [-0.2, 0) is 14.3 Å². The van der Waals surface area contributed by atoms with Gasteiger partial charge in [-0.25, -0.2) is 0 Å². The van der Waals surface area contributed by atoms with Crippen molar-refractivity contribution in [2.24, 2.45) is 0 Å². The fraction of sp³-hybridized carbons (Fsp3) is 0.917. The van der Waals surface area contributed by atoms with Gasteiger partial charge in [0.25, 0.3) is 0 Å². The number of likely N-dealkylation sites (tertiary alicyclic amines) is 1. The molecule has 4 nitrogen and oxygen atoms in total. The lowest BCUT2D eigenvalue weighted by Crippen LogP contribution is -2.52. The van der Waals surface area contributed by atoms with Crippen molar-refractivity contribution < 1.29 is 14.3 Å². The number of piperidine rings is 1. The van der Waals surface area contributed by atoms with Crippen molar-refractivity contribution >= 4 is 5.97 Å². The largest absolute Gasteiger partial charge is 0.468 e. The highest BCUT2D eigenvalue weighted by atomic mass is 16.5. The average Bonchev–Trinajstić information content (AvgIpc) is 2.39. The van der Waals surface area contributed by atoms with E-state index < -0.39 is 0 Å². The Morgan fingerprint density at radius 3 is 2.88 bits per heavy atom. The Kier molecular flexibility index (Phi) is 4.18. The van der Waals surface area contributed by atoms with Crippen molar-refractivity contribution in [3.05, 3.63) is 0 Å². The molecule has 2 rings (SSSR count). The van der Waals surface area contributed by atoms with Crippen LogP contribution in [0.15, 0.2) is 0 Å². The number of hydrogen-bond donors (Lipinski definition) is 0. The van der Waals surface area contributed by atoms with Crippen LogP contribution in [0.1, 0.15) is 32.1 Å². The molecule has 2 aliphatic rings. The van der Waals surface area contributed by atoms with Crippen molar-refractivity contribution in [3.8, 4) is 0 Å². The van der Waals surface area contributed by atoms with E-state index in [1.54, 1.807) is 0 Å². The summed E-state index contributed by atoms with van der Waals surface area (Å²) in [6, 6.07) is 0.378. The van der Waals surface area contributed by atoms with Crippen LogP contribution >= 0.6 is 0 Å². The standard InChI is InChI=1S/C12H21NO3/c1-15-12(14)11-6-2-3-7-13(11)10-5-4-8-16-9-10/h10-11H,2-9H2,1H3. The monoisotopic (exact) mass is 227 g/mol. The second-order valence-corrected chi connectivity index (χ2v) is 4.64. The van der Waals surface area contributed by atoms with Crippen LogP contribution in [0.4, 0.5) is 0 Å². The van der Waals surface area contributed by atoms with E-state index in [2.05, 4.69) is 4.90 Å². The van der Waals surface area contributed by atoms with E-state index in [1.165, 1.54) is 13.5 Å². The maximum atomic E-state index is 11.7. The van der Waals surface area contributed by atoms with Crippen molar-refractivity contribution in [2.75, 3.05) is 26.9 Å². The molecular weight excluding hydrogens is 206 g/mol. The van der Waals surface area contributed by atoms with E-state index in [4.69, 9.17) is 9.47 Å². The molecule has 2 saturated heterocycles. The second kappa shape index (κ2) is 5.64. The zero-order valence-electron chi connectivity index (χ0n) is 9.98. The van der Waals surface area contributed by atoms with Crippen molar-refractivity contribution in [1.29, 1.82) is 0 Å². The Bertz CT molecular complexity index is 238. The van der Waals surface area contributed by atoms with Crippen LogP contribution in [0.2, 0.25) is 0 Å². The van der Waals surface area contributed by atoms with Crippen molar-refractivity contribution in [3.63, 3.8) is 0 Å². The molecule has 0 aromatic rings. The van der Waals surface area contributed by atoms with Gasteiger partial charge in [0.05, 0.1) is 13.7 Å². The molecule has 92 valence electrons. The highest BCUT2D eigenvalue weighted by molar-refractivity contribution is 5.75. The van der Waals surface area contributed by atoms with Gasteiger partial charge in [-0.2, -0.15) is 0 Å². The number of rotatable bonds is 2. The molecule has 0 aliphatic carbocycles. The first-order chi connectivity index (χ1) is 7.83. The lowest BCUT2D eigenvalue weighted by atomic mass is 9.97. The summed E-state index contributed by atoms with van der Waals surface area (Å²) in [5, 5.41) is 0. The van der Waals surface area contributed by atoms with Gasteiger partial charge < -0.3 is 9.47 Å². The number of ether oxygens (including phenoxy) is 2. The first kappa shape index (κ1) is 11.9. The SMILES string of the molecule is COC(=O)C1CCCCN1C1CCCOC1. The second-order valence-electron chi connectivity index (χ2n) is 4.64. The maximum absolute atomic E-state index is 11.7. The summed E-state index contributed by atoms with van der Waals surface area (Å²) in [5.41, 5.74) is 0. The molecule has 16 heavy (non-hydrogen) atoms. The van der Waals surface area contributed by atoms with Gasteiger partial charge in [0.2, 0.25) is 0 Å². The first-order valence-corrected chi connectivity index (χ1v) is 6.24. The summed E-state index contributed by atoms with van der Waals surface area (Å²) >= 11 is 0. The molecule has 0 saturated carbocycles. The van der Waals surface area contributed by atoms with Gasteiger partial charge in [-0.15, -0.1) is 0 Å². The summed E-state index contributed by atoms with van der Waals surface area (Å²) < 4.78 is 10.4. The van der Waals surface area contributed by atoms with E-state index in [1.807, 2.05) is 0 Å². The van der Waals surface area contributed by atoms with Crippen LogP contribution in [0.3, 0.4) is 0 Å². The van der Waals surface area contributed by atoms with E-state index in [-0.39, 0.29) is 12.0 Å². The highest BCUT2D eigenvalue weighted by Gasteiger charge is 2.34. The fourth-order valence-corrected chi connectivity index (χ4v) is 2.77. The number of nitrogens with zero attached hydrogens (tertiary/aromatic N) is 1. The predicted octanol–water partition coefficient (Wildman–Crippen LogP) is 1.19. The topological polar surface area (TPSA) is 38.8 Å². The highest BCUT2D eigenvalue weighted by Crippen LogP contribution is 2.24. The summed E-state index contributed by atoms with van der Waals surface area (Å²) in [6.45, 7) is 2.65. The minimum absolute atomic E-state index is 0.0366. The Labute approximate surface area is 96.9 Å². The number of carbonyl (C=O) groups is 1. The van der Waals surface area contributed by atoms with Crippen LogP contribution in [-0.4, -0.2) is 49.8 Å². The van der Waals surface area contributed by atoms with Gasteiger partial charge in [0, 0.05) is 12.6 Å². The summed E-state index contributed by atoms with van der Waals surface area (Å²) in [6.07, 6.45) is 5.50. The van der Waals surface area contributed by atoms with E-state index in [9.17, 15) is 4.79 Å². The third kappa shape index (κ3) is 2.55. The lowest BCUT2D eigenvalue weighted by molar-refractivity contribution is -0.151. The molecule has 0 aromatic carbocycles. The Morgan fingerprint density at radius 2 is 2.19 bits per heavy atom. The zero-order chi connectivity index (χ0) is 11.4. The molecule has 4 heteroatoms. The number of carbonyl (C=O) groups excluding carboxylic acids is 1. The molecule has 2 aliphatic heterocycles. The Hall–Kier alpha value is -0.610. The molecular formula is C12H21NO3. The molecule has 0 bridgehead atoms. The molecule has 0 aromatic heterocycles. The van der Waals surface area contributed by atoms with Gasteiger partial charge in [-0.3, -0.25) is 9.69 Å². The summed E-state index contributed by atoms with van der Waals surface area (Å²) in [4.78, 5) is 14.0. The third-order valence-corrected chi connectivity index (χ3v) is 3.62. The average molecular weight is 227 g/mol. The number of methoxy groups -OCH3 is 1. The molecule has 2 atom stereocenters. The van der Waals surface area contributed by atoms with E-state index >= 15 is 0 Å². The molecule has 2 heterocycles. The minimum Gasteiger partial charge on any atom is -0.468 e. The fourth-order valence-electron chi connectivity index (χ4n) is 2.77. The molecule has 0 radical (unpaired) electrons. The van der Waals surface area contributed by atoms with Gasteiger partial charge in [0.1, 0.15) is 6.04 Å². The summed E-state index contributed by atoms with van der Waals surface area (Å²) in [7, 11) is 1.48. The van der Waals surface area contributed by atoms with E-state index in [0.717, 1.165) is 45.4 Å². The smallest absolute Gasteiger partial charge is 0.323 e. The summed E-state index contributed by atoms with van der Waals surface area (Å²) in [5.74, 6) is -0.0785. The molecule has 0 N–H and O–H groups in total. The maximum Gasteiger partial charge on any atom is 0.323 e. The predicted molar refractivity (Wildman–Crippen MR) is 60.2 cm³/mol. The van der Waals surface area contributed by atoms with Gasteiger partial charge >= 0.3 is 5.97 Å². The normalized spacial score (nSPS) is 32.3. The number of esters is 1. The van der Waals surface area contributed by atoms with Crippen LogP contribution in [0, 0.1) is 0 Å². The third-order valence-electron chi connectivity index (χ3n) is 3.62. The van der Waals surface area contributed by atoms with Crippen LogP contribution < -0.4 is 0 Å². The lowest BCUT2D eigenvalue weighted by Gasteiger charge is -2.41. The Morgan fingerprint density at radius 1 is 1.31 bits per heavy atom. The zero-order valence-corrected chi connectivity index (χ0v) is 9.98. The van der Waals surface area contributed by atoms with Gasteiger partial charge in [-0.1, -0.05) is 6.42 Å². The number of hydrogen-bond acceptors (Lipinski definition) is 4. The Balaban J connectivity index is 2.00. The minimum atomic E-state index is -0.0785. The molecule has 0 spiro atoms. The van der Waals surface area contributed by atoms with Gasteiger partial charge in [0.15, 0.2) is 0 Å². The molecule has 0 amide bonds. The van der Waals surface area contributed by atoms with E-state index in [0.29, 0.717) is 6.04 Å². The van der Waals surface area contributed by atoms with Crippen LogP contribution in [0.5, 0.6) is 0 Å². The van der Waals surface area contributed by atoms with Gasteiger partial charge in [-0.05, 0) is 32.2 Å². The van der Waals surface area contributed by atoms with Crippen molar-refractivity contribution in [2.45, 2.75) is 44.2 Å². The van der Waals surface area contributed by atoms with Crippen LogP contribution in [0.25, 0.3) is 0 Å². The molecule has 2 fully saturated rings.